The minimum Gasteiger partial charge on any atom is -0.495 e. The number of ether oxygens (including phenoxy) is 3. The third-order valence-corrected chi connectivity index (χ3v) is 11.8. The molecule has 1 spiro atoms. The Hall–Kier alpha value is -1.65. The summed E-state index contributed by atoms with van der Waals surface area (Å²) in [6.07, 6.45) is 19.2. The van der Waals surface area contributed by atoms with E-state index in [1.807, 2.05) is 0 Å². The third kappa shape index (κ3) is 15.4. The van der Waals surface area contributed by atoms with Gasteiger partial charge in [-0.1, -0.05) is 118 Å². The first kappa shape index (κ1) is 46.7. The first-order valence-corrected chi connectivity index (χ1v) is 22.5. The predicted molar refractivity (Wildman–Crippen MR) is 225 cm³/mol. The first-order valence-electron chi connectivity index (χ1n) is 19.3. The number of carbonyl (C=O) groups excluding carboxylic acids is 2. The van der Waals surface area contributed by atoms with Crippen molar-refractivity contribution in [1.29, 1.82) is 0 Å². The van der Waals surface area contributed by atoms with Gasteiger partial charge < -0.3 is 39.9 Å². The minimum absolute atomic E-state index is 0.0465. The molecule has 15 heteroatoms. The fourth-order valence-electron chi connectivity index (χ4n) is 6.22. The van der Waals surface area contributed by atoms with E-state index < -0.39 is 23.9 Å². The molecule has 0 saturated carbocycles. The summed E-state index contributed by atoms with van der Waals surface area (Å²) in [7, 11) is 1.50. The molecular formula is C39H57Br4N3O8. The fraction of sp³-hybridized carbons (Fsp3) is 0.667. The number of carbonyl (C=O) groups is 2. The van der Waals surface area contributed by atoms with Gasteiger partial charge in [0.2, 0.25) is 5.91 Å². The van der Waals surface area contributed by atoms with E-state index in [1.54, 1.807) is 12.1 Å². The van der Waals surface area contributed by atoms with Gasteiger partial charge in [0.15, 0.2) is 11.8 Å². The lowest BCUT2D eigenvalue weighted by molar-refractivity contribution is -0.225. The van der Waals surface area contributed by atoms with E-state index in [2.05, 4.69) is 86.4 Å². The van der Waals surface area contributed by atoms with Crippen LogP contribution in [0.1, 0.15) is 134 Å². The van der Waals surface area contributed by atoms with Gasteiger partial charge >= 0.3 is 5.79 Å². The van der Waals surface area contributed by atoms with Crippen LogP contribution in [0.2, 0.25) is 0 Å². The van der Waals surface area contributed by atoms with Crippen molar-refractivity contribution in [1.82, 2.24) is 10.6 Å². The van der Waals surface area contributed by atoms with Gasteiger partial charge in [0.1, 0.15) is 17.8 Å². The number of allylic oxidation sites excluding steroid dienone is 1. The van der Waals surface area contributed by atoms with Crippen LogP contribution in [0, 0.1) is 0 Å². The standard InChI is InChI=1S/C39H57Br4N3O8/c1-3-4-5-6-7-8-9-10-11-12-13-14-15-16-17-19-33(48)45-25-32(47)27-22-28(40)36(29(41)23-27)52-21-18-20-44-38(50)34-37(49)39(54-46-34)24-30(42)35(51-2)31(43)26-53-39/h22-23,26,32,37,47,49H,3-21,24-25H2,1-2H3,(H,44,50)(H,45,48)/t32?,37-,39-/m0/s1. The molecule has 304 valence electrons. The van der Waals surface area contributed by atoms with E-state index in [0.717, 1.165) is 19.3 Å². The SMILES string of the molecule is CCCCCCCCCCCCCCCCCC(=O)NCC(O)c1cc(Br)c(OCCCNC(=O)C2=NO[C@@]3(CC(Br)=C(OC)C(Br)=CO3)[C@H]2O)c(Br)c1. The number of hydrogen-bond acceptors (Lipinski definition) is 9. The summed E-state index contributed by atoms with van der Waals surface area (Å²) in [6.45, 7) is 2.89. The molecule has 2 aliphatic heterocycles. The number of halogens is 4. The van der Waals surface area contributed by atoms with E-state index in [4.69, 9.17) is 19.0 Å². The maximum atomic E-state index is 12.8. The highest BCUT2D eigenvalue weighted by Crippen LogP contribution is 2.41. The summed E-state index contributed by atoms with van der Waals surface area (Å²) < 4.78 is 19.3. The van der Waals surface area contributed by atoms with Crippen LogP contribution in [0.25, 0.3) is 0 Å². The van der Waals surface area contributed by atoms with E-state index >= 15 is 0 Å². The lowest BCUT2D eigenvalue weighted by atomic mass is 10.0. The van der Waals surface area contributed by atoms with Crippen molar-refractivity contribution in [2.24, 2.45) is 5.16 Å². The van der Waals surface area contributed by atoms with Crippen molar-refractivity contribution < 1.29 is 38.9 Å². The van der Waals surface area contributed by atoms with E-state index in [-0.39, 0.29) is 37.7 Å². The van der Waals surface area contributed by atoms with Crippen LogP contribution < -0.4 is 15.4 Å². The Bertz CT molecular complexity index is 1420. The normalized spacial score (nSPS) is 18.7. The molecule has 0 aromatic heterocycles. The summed E-state index contributed by atoms with van der Waals surface area (Å²) in [5.74, 6) is -1.26. The van der Waals surface area contributed by atoms with Gasteiger partial charge in [-0.2, -0.15) is 0 Å². The molecule has 2 heterocycles. The molecule has 1 aromatic carbocycles. The Morgan fingerprint density at radius 2 is 1.48 bits per heavy atom. The number of benzene rings is 1. The highest BCUT2D eigenvalue weighted by atomic mass is 79.9. The Labute approximate surface area is 354 Å². The molecule has 1 aromatic rings. The zero-order valence-corrected chi connectivity index (χ0v) is 37.9. The molecule has 2 aliphatic rings. The Morgan fingerprint density at radius 1 is 0.907 bits per heavy atom. The first-order chi connectivity index (χ1) is 26.0. The van der Waals surface area contributed by atoms with Gasteiger partial charge in [0.05, 0.1) is 39.7 Å². The zero-order chi connectivity index (χ0) is 39.3. The highest BCUT2D eigenvalue weighted by molar-refractivity contribution is 9.12. The molecule has 0 saturated heterocycles. The second-order valence-corrected chi connectivity index (χ2v) is 17.3. The average molecular weight is 1020 g/mol. The van der Waals surface area contributed by atoms with Gasteiger partial charge in [0.25, 0.3) is 5.91 Å². The Morgan fingerprint density at radius 3 is 2.06 bits per heavy atom. The second kappa shape index (κ2) is 25.6. The average Bonchev–Trinajstić information content (AvgIpc) is 3.39. The summed E-state index contributed by atoms with van der Waals surface area (Å²) in [4.78, 5) is 30.7. The maximum Gasteiger partial charge on any atom is 0.311 e. The second-order valence-electron chi connectivity index (χ2n) is 13.8. The number of unbranched alkanes of at least 4 members (excludes halogenated alkanes) is 14. The quantitative estimate of drug-likeness (QED) is 0.0671. The monoisotopic (exact) mass is 1010 g/mol. The Kier molecular flexibility index (Phi) is 22.1. The van der Waals surface area contributed by atoms with Crippen LogP contribution in [0.15, 0.2) is 47.2 Å². The fourth-order valence-corrected chi connectivity index (χ4v) is 9.20. The highest BCUT2D eigenvalue weighted by Gasteiger charge is 2.54. The number of aliphatic hydroxyl groups is 2. The molecule has 1 unspecified atom stereocenters. The number of rotatable bonds is 26. The molecule has 4 N–H and O–H groups in total. The maximum absolute atomic E-state index is 12.8. The van der Waals surface area contributed by atoms with Gasteiger partial charge in [-0.05, 0) is 78.3 Å². The van der Waals surface area contributed by atoms with Crippen LogP contribution >= 0.6 is 63.7 Å². The van der Waals surface area contributed by atoms with Gasteiger partial charge in [-0.3, -0.25) is 9.59 Å². The summed E-state index contributed by atoms with van der Waals surface area (Å²) >= 11 is 13.8. The van der Waals surface area contributed by atoms with Crippen LogP contribution in [0.3, 0.4) is 0 Å². The zero-order valence-electron chi connectivity index (χ0n) is 31.5. The lowest BCUT2D eigenvalue weighted by Gasteiger charge is -2.27. The van der Waals surface area contributed by atoms with Gasteiger partial charge in [-0.25, -0.2) is 0 Å². The van der Waals surface area contributed by atoms with Crippen molar-refractivity contribution >= 4 is 81.2 Å². The van der Waals surface area contributed by atoms with Crippen LogP contribution in [0.4, 0.5) is 0 Å². The largest absolute Gasteiger partial charge is 0.495 e. The van der Waals surface area contributed by atoms with Crippen molar-refractivity contribution in [2.45, 2.75) is 140 Å². The number of aliphatic hydroxyl groups excluding tert-OH is 2. The van der Waals surface area contributed by atoms with E-state index in [1.165, 1.54) is 90.4 Å². The topological polar surface area (TPSA) is 148 Å². The number of nitrogens with zero attached hydrogens (tertiary/aromatic N) is 1. The molecule has 0 radical (unpaired) electrons. The van der Waals surface area contributed by atoms with Crippen molar-refractivity contribution in [3.05, 3.63) is 47.6 Å². The molecule has 3 rings (SSSR count). The third-order valence-electron chi connectivity index (χ3n) is 9.40. The molecule has 54 heavy (non-hydrogen) atoms. The van der Waals surface area contributed by atoms with Crippen molar-refractivity contribution in [3.63, 3.8) is 0 Å². The number of methoxy groups -OCH3 is 1. The molecular weight excluding hydrogens is 958 g/mol. The molecule has 0 aliphatic carbocycles. The minimum atomic E-state index is -1.62. The van der Waals surface area contributed by atoms with Crippen molar-refractivity contribution in [2.75, 3.05) is 26.8 Å². The predicted octanol–water partition coefficient (Wildman–Crippen LogP) is 9.86. The molecule has 0 bridgehead atoms. The van der Waals surface area contributed by atoms with Gasteiger partial charge in [-0.15, -0.1) is 0 Å². The number of hydrogen-bond donors (Lipinski definition) is 4. The number of nitrogens with one attached hydrogen (secondary N) is 2. The van der Waals surface area contributed by atoms with Crippen molar-refractivity contribution in [3.8, 4) is 5.75 Å². The molecule has 3 atom stereocenters. The van der Waals surface area contributed by atoms with Crippen LogP contribution in [-0.4, -0.2) is 66.4 Å². The lowest BCUT2D eigenvalue weighted by Crippen LogP contribution is -2.49. The molecule has 0 fully saturated rings. The summed E-state index contributed by atoms with van der Waals surface area (Å²) in [6, 6.07) is 3.52. The van der Waals surface area contributed by atoms with E-state index in [9.17, 15) is 19.8 Å². The summed E-state index contributed by atoms with van der Waals surface area (Å²) in [5.41, 5.74) is 0.417. The van der Waals surface area contributed by atoms with E-state index in [0.29, 0.717) is 47.8 Å². The van der Waals surface area contributed by atoms with Gasteiger partial charge in [0, 0.05) is 24.0 Å². The smallest absolute Gasteiger partial charge is 0.311 e. The number of oxime groups is 1. The molecule has 11 nitrogen and oxygen atoms in total. The number of amides is 2. The molecule has 2 amide bonds. The summed E-state index contributed by atoms with van der Waals surface area (Å²) in [5, 5.41) is 31.1. The van der Waals surface area contributed by atoms with Crippen LogP contribution in [-0.2, 0) is 23.9 Å². The Balaban J connectivity index is 1.26. The van der Waals surface area contributed by atoms with Crippen LogP contribution in [0.5, 0.6) is 5.75 Å².